The molecule has 112 valence electrons. The highest BCUT2D eigenvalue weighted by Crippen LogP contribution is 2.13. The molecule has 21 heavy (non-hydrogen) atoms. The van der Waals surface area contributed by atoms with E-state index in [4.69, 9.17) is 0 Å². The predicted octanol–water partition coefficient (Wildman–Crippen LogP) is 2.25. The van der Waals surface area contributed by atoms with E-state index in [9.17, 15) is 4.79 Å². The molecule has 5 heteroatoms. The lowest BCUT2D eigenvalue weighted by molar-refractivity contribution is -0.116. The molecule has 0 aliphatic carbocycles. The standard InChI is InChI=1S/C16H22N4O/c1-4-17-10-15-12(2)19-20(13(15)3)11-16(21)18-14-8-6-5-7-9-14/h5-9,17H,4,10-11H2,1-3H3,(H,18,21). The second-order valence-corrected chi connectivity index (χ2v) is 5.00. The number of nitrogens with one attached hydrogen (secondary N) is 2. The number of aromatic nitrogens is 2. The van der Waals surface area contributed by atoms with E-state index in [1.165, 1.54) is 5.56 Å². The molecule has 0 saturated heterocycles. The number of para-hydroxylation sites is 1. The average Bonchev–Trinajstić information content (AvgIpc) is 2.72. The molecule has 1 amide bonds. The number of nitrogens with zero attached hydrogens (tertiary/aromatic N) is 2. The predicted molar refractivity (Wildman–Crippen MR) is 84.2 cm³/mol. The molecule has 2 rings (SSSR count). The minimum Gasteiger partial charge on any atom is -0.324 e. The van der Waals surface area contributed by atoms with Gasteiger partial charge in [0.15, 0.2) is 0 Å². The van der Waals surface area contributed by atoms with E-state index in [1.807, 2.05) is 44.2 Å². The largest absolute Gasteiger partial charge is 0.324 e. The number of anilines is 1. The Morgan fingerprint density at radius 1 is 1.24 bits per heavy atom. The molecule has 0 aliphatic heterocycles. The lowest BCUT2D eigenvalue weighted by atomic mass is 10.2. The molecule has 2 N–H and O–H groups in total. The minimum absolute atomic E-state index is 0.0678. The third kappa shape index (κ3) is 3.92. The van der Waals surface area contributed by atoms with Gasteiger partial charge in [-0.05, 0) is 32.5 Å². The molecule has 0 saturated carbocycles. The van der Waals surface area contributed by atoms with Crippen LogP contribution in [0.1, 0.15) is 23.9 Å². The highest BCUT2D eigenvalue weighted by molar-refractivity contribution is 5.90. The Balaban J connectivity index is 2.04. The van der Waals surface area contributed by atoms with Gasteiger partial charge in [-0.3, -0.25) is 9.48 Å². The maximum atomic E-state index is 12.1. The van der Waals surface area contributed by atoms with Gasteiger partial charge in [0, 0.05) is 23.5 Å². The van der Waals surface area contributed by atoms with Crippen LogP contribution in [0.15, 0.2) is 30.3 Å². The molecule has 1 aromatic carbocycles. The zero-order chi connectivity index (χ0) is 15.2. The number of rotatable bonds is 6. The fraction of sp³-hybridized carbons (Fsp3) is 0.375. The second-order valence-electron chi connectivity index (χ2n) is 5.00. The highest BCUT2D eigenvalue weighted by Gasteiger charge is 2.13. The van der Waals surface area contributed by atoms with Crippen molar-refractivity contribution in [3.63, 3.8) is 0 Å². The van der Waals surface area contributed by atoms with E-state index < -0.39 is 0 Å². The molecule has 0 bridgehead atoms. The van der Waals surface area contributed by atoms with Gasteiger partial charge in [-0.2, -0.15) is 5.10 Å². The molecule has 0 radical (unpaired) electrons. The summed E-state index contributed by atoms with van der Waals surface area (Å²) in [6.07, 6.45) is 0. The Labute approximate surface area is 125 Å². The molecule has 1 aromatic heterocycles. The van der Waals surface area contributed by atoms with Crippen molar-refractivity contribution in [2.24, 2.45) is 0 Å². The van der Waals surface area contributed by atoms with Crippen LogP contribution in [-0.4, -0.2) is 22.2 Å². The van der Waals surface area contributed by atoms with Gasteiger partial charge >= 0.3 is 0 Å². The van der Waals surface area contributed by atoms with E-state index in [1.54, 1.807) is 4.68 Å². The smallest absolute Gasteiger partial charge is 0.246 e. The fourth-order valence-corrected chi connectivity index (χ4v) is 2.25. The highest BCUT2D eigenvalue weighted by atomic mass is 16.2. The van der Waals surface area contributed by atoms with Crippen LogP contribution in [0, 0.1) is 13.8 Å². The Hall–Kier alpha value is -2.14. The van der Waals surface area contributed by atoms with Crippen molar-refractivity contribution in [3.05, 3.63) is 47.3 Å². The van der Waals surface area contributed by atoms with Crippen molar-refractivity contribution in [2.75, 3.05) is 11.9 Å². The summed E-state index contributed by atoms with van der Waals surface area (Å²) in [6, 6.07) is 9.45. The molecular formula is C16H22N4O. The molecular weight excluding hydrogens is 264 g/mol. The van der Waals surface area contributed by atoms with Crippen molar-refractivity contribution in [2.45, 2.75) is 33.9 Å². The SMILES string of the molecule is CCNCc1c(C)nn(CC(=O)Nc2ccccc2)c1C. The Bertz CT molecular complexity index is 604. The second kappa shape index (κ2) is 7.04. The number of hydrogen-bond acceptors (Lipinski definition) is 3. The van der Waals surface area contributed by atoms with Crippen LogP contribution in [-0.2, 0) is 17.9 Å². The normalized spacial score (nSPS) is 10.6. The van der Waals surface area contributed by atoms with Gasteiger partial charge < -0.3 is 10.6 Å². The Morgan fingerprint density at radius 3 is 2.62 bits per heavy atom. The Morgan fingerprint density at radius 2 is 1.95 bits per heavy atom. The maximum Gasteiger partial charge on any atom is 0.246 e. The van der Waals surface area contributed by atoms with E-state index in [-0.39, 0.29) is 12.5 Å². The third-order valence-corrected chi connectivity index (χ3v) is 3.43. The first kappa shape index (κ1) is 15.3. The fourth-order valence-electron chi connectivity index (χ4n) is 2.25. The summed E-state index contributed by atoms with van der Waals surface area (Å²) in [7, 11) is 0. The van der Waals surface area contributed by atoms with Crippen LogP contribution in [0.2, 0.25) is 0 Å². The number of hydrogen-bond donors (Lipinski definition) is 2. The van der Waals surface area contributed by atoms with Crippen LogP contribution in [0.25, 0.3) is 0 Å². The third-order valence-electron chi connectivity index (χ3n) is 3.43. The first-order valence-corrected chi connectivity index (χ1v) is 7.20. The van der Waals surface area contributed by atoms with Gasteiger partial charge in [0.1, 0.15) is 6.54 Å². The summed E-state index contributed by atoms with van der Waals surface area (Å²) in [5.41, 5.74) is 3.99. The molecule has 1 heterocycles. The summed E-state index contributed by atoms with van der Waals surface area (Å²) in [4.78, 5) is 12.1. The first-order chi connectivity index (χ1) is 10.1. The lowest BCUT2D eigenvalue weighted by Crippen LogP contribution is -2.20. The van der Waals surface area contributed by atoms with Crippen molar-refractivity contribution in [1.29, 1.82) is 0 Å². The van der Waals surface area contributed by atoms with E-state index in [0.29, 0.717) is 0 Å². The zero-order valence-corrected chi connectivity index (χ0v) is 12.8. The number of carbonyl (C=O) groups is 1. The van der Waals surface area contributed by atoms with E-state index >= 15 is 0 Å². The molecule has 2 aromatic rings. The van der Waals surface area contributed by atoms with Crippen LogP contribution < -0.4 is 10.6 Å². The summed E-state index contributed by atoms with van der Waals surface area (Å²) in [5, 5.41) is 10.6. The molecule has 0 fully saturated rings. The number of carbonyl (C=O) groups excluding carboxylic acids is 1. The van der Waals surface area contributed by atoms with Crippen LogP contribution in [0.5, 0.6) is 0 Å². The molecule has 0 atom stereocenters. The molecule has 5 nitrogen and oxygen atoms in total. The van der Waals surface area contributed by atoms with Gasteiger partial charge in [0.25, 0.3) is 0 Å². The van der Waals surface area contributed by atoms with Crippen molar-refractivity contribution < 1.29 is 4.79 Å². The van der Waals surface area contributed by atoms with Gasteiger partial charge in [0.2, 0.25) is 5.91 Å². The van der Waals surface area contributed by atoms with Gasteiger partial charge in [0.05, 0.1) is 5.69 Å². The monoisotopic (exact) mass is 286 g/mol. The van der Waals surface area contributed by atoms with Crippen molar-refractivity contribution in [3.8, 4) is 0 Å². The Kier molecular flexibility index (Phi) is 5.11. The topological polar surface area (TPSA) is 59.0 Å². The van der Waals surface area contributed by atoms with E-state index in [0.717, 1.165) is 30.2 Å². The average molecular weight is 286 g/mol. The number of amides is 1. The van der Waals surface area contributed by atoms with E-state index in [2.05, 4.69) is 22.7 Å². The quantitative estimate of drug-likeness (QED) is 0.856. The maximum absolute atomic E-state index is 12.1. The van der Waals surface area contributed by atoms with Crippen LogP contribution >= 0.6 is 0 Å². The summed E-state index contributed by atoms with van der Waals surface area (Å²) < 4.78 is 1.76. The van der Waals surface area contributed by atoms with Gasteiger partial charge in [-0.15, -0.1) is 0 Å². The molecule has 0 spiro atoms. The summed E-state index contributed by atoms with van der Waals surface area (Å²) >= 11 is 0. The van der Waals surface area contributed by atoms with Gasteiger partial charge in [-0.25, -0.2) is 0 Å². The van der Waals surface area contributed by atoms with Crippen LogP contribution in [0.4, 0.5) is 5.69 Å². The first-order valence-electron chi connectivity index (χ1n) is 7.20. The minimum atomic E-state index is -0.0678. The molecule has 0 aliphatic rings. The number of benzene rings is 1. The van der Waals surface area contributed by atoms with Crippen LogP contribution in [0.3, 0.4) is 0 Å². The lowest BCUT2D eigenvalue weighted by Gasteiger charge is -2.07. The summed E-state index contributed by atoms with van der Waals surface area (Å²) in [5.74, 6) is -0.0678. The summed E-state index contributed by atoms with van der Waals surface area (Å²) in [6.45, 7) is 7.98. The molecule has 0 unspecified atom stereocenters. The number of aryl methyl sites for hydroxylation is 1. The van der Waals surface area contributed by atoms with Gasteiger partial charge in [-0.1, -0.05) is 25.1 Å². The zero-order valence-electron chi connectivity index (χ0n) is 12.8. The van der Waals surface area contributed by atoms with Crippen molar-refractivity contribution >= 4 is 11.6 Å². The van der Waals surface area contributed by atoms with Crippen molar-refractivity contribution in [1.82, 2.24) is 15.1 Å².